The van der Waals surface area contributed by atoms with E-state index < -0.39 is 0 Å². The zero-order valence-corrected chi connectivity index (χ0v) is 18.9. The van der Waals surface area contributed by atoms with Crippen LogP contribution in [0.5, 0.6) is 17.2 Å². The van der Waals surface area contributed by atoms with Gasteiger partial charge in [0.15, 0.2) is 17.5 Å². The largest absolute Gasteiger partial charge is 0.493 e. The normalized spacial score (nSPS) is 13.5. The fraction of sp³-hybridized carbons (Fsp3) is 0.381. The molecule has 7 heteroatoms. The second-order valence-corrected chi connectivity index (χ2v) is 6.76. The fourth-order valence-corrected chi connectivity index (χ4v) is 2.69. The second kappa shape index (κ2) is 10.4. The summed E-state index contributed by atoms with van der Waals surface area (Å²) in [5.41, 5.74) is 9.03. The molecule has 0 spiro atoms. The Bertz CT molecular complexity index is 823. The molecule has 2 aromatic carbocycles. The van der Waals surface area contributed by atoms with Gasteiger partial charge in [-0.05, 0) is 49.4 Å². The molecule has 0 unspecified atom stereocenters. The van der Waals surface area contributed by atoms with Crippen molar-refractivity contribution in [2.75, 3.05) is 26.1 Å². The van der Waals surface area contributed by atoms with Gasteiger partial charge in [0.1, 0.15) is 5.75 Å². The van der Waals surface area contributed by atoms with Crippen LogP contribution < -0.4 is 25.3 Å². The van der Waals surface area contributed by atoms with Crippen LogP contribution in [0.2, 0.25) is 0 Å². The number of rotatable bonds is 8. The number of aliphatic imine (C=N–C) groups is 1. The molecule has 0 radical (unpaired) electrons. The van der Waals surface area contributed by atoms with Crippen molar-refractivity contribution in [3.8, 4) is 17.2 Å². The van der Waals surface area contributed by atoms with Crippen LogP contribution in [0.25, 0.3) is 0 Å². The number of methoxy groups -OCH3 is 2. The van der Waals surface area contributed by atoms with Gasteiger partial charge < -0.3 is 25.3 Å². The average Bonchev–Trinajstić information content (AvgIpc) is 3.50. The molecular weight excluding hydrogens is 469 g/mol. The molecule has 0 heterocycles. The molecule has 0 bridgehead atoms. The van der Waals surface area contributed by atoms with Crippen LogP contribution in [-0.4, -0.2) is 26.8 Å². The number of aryl methyl sites for hydroxylation is 1. The summed E-state index contributed by atoms with van der Waals surface area (Å²) in [5.74, 6) is 3.22. The van der Waals surface area contributed by atoms with Crippen LogP contribution >= 0.6 is 24.0 Å². The number of halogens is 1. The van der Waals surface area contributed by atoms with Gasteiger partial charge >= 0.3 is 0 Å². The van der Waals surface area contributed by atoms with Crippen LogP contribution in [0.4, 0.5) is 5.69 Å². The van der Waals surface area contributed by atoms with Crippen LogP contribution in [0.1, 0.15) is 24.0 Å². The molecule has 1 aliphatic rings. The number of hydrogen-bond donors (Lipinski definition) is 2. The van der Waals surface area contributed by atoms with Gasteiger partial charge in [0.2, 0.25) is 0 Å². The predicted octanol–water partition coefficient (Wildman–Crippen LogP) is 4.35. The minimum absolute atomic E-state index is 0. The van der Waals surface area contributed by atoms with Gasteiger partial charge in [-0.2, -0.15) is 0 Å². The van der Waals surface area contributed by atoms with Crippen molar-refractivity contribution in [1.29, 1.82) is 0 Å². The lowest BCUT2D eigenvalue weighted by atomic mass is 10.1. The Morgan fingerprint density at radius 2 is 1.82 bits per heavy atom. The number of ether oxygens (including phenoxy) is 3. The number of hydrogen-bond acceptors (Lipinski definition) is 4. The first-order chi connectivity index (χ1) is 13.1. The maximum absolute atomic E-state index is 6.05. The zero-order chi connectivity index (χ0) is 19.2. The lowest BCUT2D eigenvalue weighted by Gasteiger charge is -2.12. The van der Waals surface area contributed by atoms with E-state index in [1.165, 1.54) is 18.4 Å². The molecule has 0 atom stereocenters. The van der Waals surface area contributed by atoms with Gasteiger partial charge in [-0.1, -0.05) is 12.1 Å². The molecule has 6 nitrogen and oxygen atoms in total. The molecule has 3 N–H and O–H groups in total. The fourth-order valence-electron chi connectivity index (χ4n) is 2.69. The Balaban J connectivity index is 0.00000280. The van der Waals surface area contributed by atoms with E-state index in [2.05, 4.69) is 29.4 Å². The second-order valence-electron chi connectivity index (χ2n) is 6.76. The molecule has 0 aromatic heterocycles. The molecule has 0 aliphatic heterocycles. The van der Waals surface area contributed by atoms with E-state index in [1.807, 2.05) is 24.3 Å². The maximum Gasteiger partial charge on any atom is 0.193 e. The Morgan fingerprint density at radius 1 is 1.07 bits per heavy atom. The highest BCUT2D eigenvalue weighted by molar-refractivity contribution is 14.0. The number of nitrogens with one attached hydrogen (secondary N) is 1. The minimum Gasteiger partial charge on any atom is -0.493 e. The quantitative estimate of drug-likeness (QED) is 0.322. The molecule has 1 saturated carbocycles. The third-order valence-corrected chi connectivity index (χ3v) is 4.47. The molecule has 0 saturated heterocycles. The maximum atomic E-state index is 6.05. The first-order valence-corrected chi connectivity index (χ1v) is 9.10. The number of anilines is 1. The Hall–Kier alpha value is -2.16. The molecule has 1 fully saturated rings. The van der Waals surface area contributed by atoms with Crippen molar-refractivity contribution >= 4 is 35.6 Å². The first-order valence-electron chi connectivity index (χ1n) is 9.10. The van der Waals surface area contributed by atoms with Crippen LogP contribution in [0.15, 0.2) is 41.4 Å². The van der Waals surface area contributed by atoms with Gasteiger partial charge in [0.25, 0.3) is 0 Å². The summed E-state index contributed by atoms with van der Waals surface area (Å²) in [4.78, 5) is 4.45. The highest BCUT2D eigenvalue weighted by Crippen LogP contribution is 2.31. The summed E-state index contributed by atoms with van der Waals surface area (Å²) in [6, 6.07) is 11.7. The van der Waals surface area contributed by atoms with Crippen molar-refractivity contribution in [2.45, 2.75) is 26.3 Å². The Kier molecular flexibility index (Phi) is 8.22. The van der Waals surface area contributed by atoms with E-state index in [9.17, 15) is 0 Å². The Labute approximate surface area is 183 Å². The van der Waals surface area contributed by atoms with E-state index in [0.717, 1.165) is 23.6 Å². The average molecular weight is 497 g/mol. The van der Waals surface area contributed by atoms with Crippen molar-refractivity contribution in [3.63, 3.8) is 0 Å². The molecule has 28 heavy (non-hydrogen) atoms. The highest BCUT2D eigenvalue weighted by Gasteiger charge is 2.22. The summed E-state index contributed by atoms with van der Waals surface area (Å²) in [6.07, 6.45) is 2.53. The van der Waals surface area contributed by atoms with Crippen molar-refractivity contribution in [1.82, 2.24) is 0 Å². The summed E-state index contributed by atoms with van der Waals surface area (Å²) in [6.45, 7) is 3.29. The van der Waals surface area contributed by atoms with Gasteiger partial charge in [0, 0.05) is 17.3 Å². The predicted molar refractivity (Wildman–Crippen MR) is 123 cm³/mol. The molecule has 3 rings (SSSR count). The van der Waals surface area contributed by atoms with E-state index in [-0.39, 0.29) is 24.0 Å². The van der Waals surface area contributed by atoms with Gasteiger partial charge in [-0.15, -0.1) is 24.0 Å². The van der Waals surface area contributed by atoms with Crippen molar-refractivity contribution in [3.05, 3.63) is 47.5 Å². The third kappa shape index (κ3) is 6.19. The van der Waals surface area contributed by atoms with E-state index in [0.29, 0.717) is 29.9 Å². The summed E-state index contributed by atoms with van der Waals surface area (Å²) in [7, 11) is 3.20. The molecule has 0 amide bonds. The monoisotopic (exact) mass is 497 g/mol. The van der Waals surface area contributed by atoms with E-state index in [4.69, 9.17) is 19.9 Å². The van der Waals surface area contributed by atoms with Crippen LogP contribution in [0.3, 0.4) is 0 Å². The number of benzene rings is 2. The van der Waals surface area contributed by atoms with Crippen molar-refractivity contribution in [2.24, 2.45) is 16.6 Å². The first kappa shape index (κ1) is 22.1. The topological polar surface area (TPSA) is 78.1 Å². The zero-order valence-electron chi connectivity index (χ0n) is 16.5. The van der Waals surface area contributed by atoms with E-state index in [1.54, 1.807) is 14.2 Å². The standard InChI is InChI=1S/C21H27N3O3.HI/c1-14-4-7-16(19(10-14)27-13-15-5-6-15)12-23-21(22)24-17-8-9-18(25-2)20(11-17)26-3;/h4,7-11,15H,5-6,12-13H2,1-3H3,(H3,22,23,24);1H. The van der Waals surface area contributed by atoms with Crippen LogP contribution in [-0.2, 0) is 6.54 Å². The number of guanidine groups is 1. The highest BCUT2D eigenvalue weighted by atomic mass is 127. The summed E-state index contributed by atoms with van der Waals surface area (Å²) >= 11 is 0. The number of nitrogens with two attached hydrogens (primary N) is 1. The molecule has 152 valence electrons. The smallest absolute Gasteiger partial charge is 0.193 e. The van der Waals surface area contributed by atoms with Crippen LogP contribution in [0, 0.1) is 12.8 Å². The lowest BCUT2D eigenvalue weighted by molar-refractivity contribution is 0.296. The van der Waals surface area contributed by atoms with Gasteiger partial charge in [0.05, 0.1) is 27.4 Å². The van der Waals surface area contributed by atoms with Crippen molar-refractivity contribution < 1.29 is 14.2 Å². The SMILES string of the molecule is COc1ccc(NC(N)=NCc2ccc(C)cc2OCC2CC2)cc1OC.I. The molecular formula is C21H28IN3O3. The minimum atomic E-state index is 0. The molecule has 2 aromatic rings. The third-order valence-electron chi connectivity index (χ3n) is 4.47. The number of nitrogens with zero attached hydrogens (tertiary/aromatic N) is 1. The molecule has 1 aliphatic carbocycles. The van der Waals surface area contributed by atoms with Gasteiger partial charge in [-0.3, -0.25) is 0 Å². The summed E-state index contributed by atoms with van der Waals surface area (Å²) < 4.78 is 16.5. The van der Waals surface area contributed by atoms with E-state index >= 15 is 0 Å². The van der Waals surface area contributed by atoms with Gasteiger partial charge in [-0.25, -0.2) is 4.99 Å². The summed E-state index contributed by atoms with van der Waals surface area (Å²) in [5, 5.41) is 3.08. The lowest BCUT2D eigenvalue weighted by Crippen LogP contribution is -2.22. The Morgan fingerprint density at radius 3 is 2.50 bits per heavy atom.